The number of amides is 1. The van der Waals surface area contributed by atoms with Gasteiger partial charge in [-0.3, -0.25) is 4.79 Å². The number of nitrogen functional groups attached to an aromatic ring is 1. The van der Waals surface area contributed by atoms with Gasteiger partial charge in [0.05, 0.1) is 5.69 Å². The van der Waals surface area contributed by atoms with Crippen molar-refractivity contribution in [2.45, 2.75) is 6.18 Å². The van der Waals surface area contributed by atoms with Gasteiger partial charge in [-0.25, -0.2) is 14.8 Å². The Hall–Kier alpha value is -4.35. The molecule has 3 aromatic heterocycles. The molecule has 0 saturated heterocycles. The summed E-state index contributed by atoms with van der Waals surface area (Å²) in [6, 6.07) is 13.0. The van der Waals surface area contributed by atoms with Crippen LogP contribution in [-0.2, 0) is 4.79 Å². The first-order valence-corrected chi connectivity index (χ1v) is 8.60. The molecule has 0 atom stereocenters. The van der Waals surface area contributed by atoms with E-state index in [9.17, 15) is 18.0 Å². The van der Waals surface area contributed by atoms with Crippen molar-refractivity contribution in [1.29, 1.82) is 0 Å². The molecule has 0 radical (unpaired) electrons. The second kappa shape index (κ2) is 8.57. The summed E-state index contributed by atoms with van der Waals surface area (Å²) in [6.45, 7) is 0. The summed E-state index contributed by atoms with van der Waals surface area (Å²) in [7, 11) is 0. The maximum atomic E-state index is 12.3. The minimum absolute atomic E-state index is 0.254. The summed E-state index contributed by atoms with van der Waals surface area (Å²) < 4.78 is 33.5. The number of hydrogen-bond donors (Lipinski definition) is 4. The van der Waals surface area contributed by atoms with E-state index in [1.54, 1.807) is 16.8 Å². The zero-order valence-corrected chi connectivity index (χ0v) is 15.6. The Labute approximate surface area is 172 Å². The second-order valence-corrected chi connectivity index (χ2v) is 6.10. The van der Waals surface area contributed by atoms with Crippen molar-refractivity contribution in [2.75, 3.05) is 11.1 Å². The number of aliphatic carboxylic acids is 1. The van der Waals surface area contributed by atoms with Crippen LogP contribution in [0.5, 0.6) is 0 Å². The lowest BCUT2D eigenvalue weighted by Gasteiger charge is -2.01. The Morgan fingerprint density at radius 2 is 1.74 bits per heavy atom. The highest BCUT2D eigenvalue weighted by atomic mass is 19.4. The number of anilines is 2. The number of para-hydroxylation sites is 1. The largest absolute Gasteiger partial charge is 0.490 e. The number of nitrogens with two attached hydrogens (primary N) is 1. The molecule has 1 aromatic carbocycles. The van der Waals surface area contributed by atoms with Gasteiger partial charge in [-0.05, 0) is 24.3 Å². The number of alkyl halides is 3. The molecule has 5 N–H and O–H groups in total. The minimum Gasteiger partial charge on any atom is -0.475 e. The first-order chi connectivity index (χ1) is 14.6. The van der Waals surface area contributed by atoms with Gasteiger partial charge in [0.1, 0.15) is 11.3 Å². The first-order valence-electron chi connectivity index (χ1n) is 8.60. The summed E-state index contributed by atoms with van der Waals surface area (Å²) in [5.74, 6) is -2.65. The van der Waals surface area contributed by atoms with Gasteiger partial charge in [-0.1, -0.05) is 18.2 Å². The lowest BCUT2D eigenvalue weighted by molar-refractivity contribution is -0.192. The third-order valence-electron chi connectivity index (χ3n) is 3.85. The Bertz CT molecular complexity index is 1220. The molecule has 9 nitrogen and oxygen atoms in total. The highest BCUT2D eigenvalue weighted by Crippen LogP contribution is 2.19. The number of fused-ring (bicyclic) bond motifs is 1. The fourth-order valence-electron chi connectivity index (χ4n) is 2.45. The van der Waals surface area contributed by atoms with E-state index in [0.717, 1.165) is 16.9 Å². The molecule has 3 heterocycles. The second-order valence-electron chi connectivity index (χ2n) is 6.10. The first kappa shape index (κ1) is 21.4. The van der Waals surface area contributed by atoms with Crippen molar-refractivity contribution in [3.8, 4) is 11.3 Å². The number of nitrogens with one attached hydrogen (secondary N) is 2. The summed E-state index contributed by atoms with van der Waals surface area (Å²) in [4.78, 5) is 32.6. The van der Waals surface area contributed by atoms with E-state index in [2.05, 4.69) is 20.3 Å². The van der Waals surface area contributed by atoms with E-state index in [-0.39, 0.29) is 5.91 Å². The van der Waals surface area contributed by atoms with Crippen LogP contribution in [0.25, 0.3) is 16.9 Å². The standard InChI is InChI=1S/C17H14N6O.C2HF3O2/c18-17-19-8-13(22-17)11-6-7-15-21-14(10-23(15)9-11)16(24)20-12-4-2-1-3-5-12;3-2(4,5)1(6)7/h1-10H,(H,20,24)(H3,18,19,22);(H,6,7). The van der Waals surface area contributed by atoms with Gasteiger partial charge >= 0.3 is 12.1 Å². The van der Waals surface area contributed by atoms with Gasteiger partial charge in [0.2, 0.25) is 0 Å². The number of aromatic amines is 1. The van der Waals surface area contributed by atoms with E-state index in [1.165, 1.54) is 0 Å². The number of imidazole rings is 2. The zero-order valence-electron chi connectivity index (χ0n) is 15.6. The Morgan fingerprint density at radius 1 is 1.06 bits per heavy atom. The quantitative estimate of drug-likeness (QED) is 0.392. The predicted octanol–water partition coefficient (Wildman–Crippen LogP) is 3.19. The van der Waals surface area contributed by atoms with Crippen LogP contribution >= 0.6 is 0 Å². The number of carbonyl (C=O) groups is 2. The molecule has 0 aliphatic rings. The molecule has 4 rings (SSSR count). The van der Waals surface area contributed by atoms with Crippen LogP contribution in [0.4, 0.5) is 24.8 Å². The number of pyridine rings is 1. The monoisotopic (exact) mass is 432 g/mol. The van der Waals surface area contributed by atoms with E-state index < -0.39 is 12.1 Å². The van der Waals surface area contributed by atoms with Crippen molar-refractivity contribution >= 4 is 29.2 Å². The molecule has 0 spiro atoms. The normalized spacial score (nSPS) is 10.9. The molecule has 12 heteroatoms. The van der Waals surface area contributed by atoms with Gasteiger partial charge in [-0.15, -0.1) is 0 Å². The van der Waals surface area contributed by atoms with Gasteiger partial charge < -0.3 is 25.5 Å². The van der Waals surface area contributed by atoms with Crippen molar-refractivity contribution in [2.24, 2.45) is 0 Å². The maximum Gasteiger partial charge on any atom is 0.490 e. The van der Waals surface area contributed by atoms with Crippen LogP contribution in [0.3, 0.4) is 0 Å². The summed E-state index contributed by atoms with van der Waals surface area (Å²) in [5, 5.41) is 9.95. The third-order valence-corrected chi connectivity index (χ3v) is 3.85. The molecule has 0 aliphatic carbocycles. The fourth-order valence-corrected chi connectivity index (χ4v) is 2.45. The fraction of sp³-hybridized carbons (Fsp3) is 0.0526. The molecular weight excluding hydrogens is 417 g/mol. The summed E-state index contributed by atoms with van der Waals surface area (Å²) in [6.07, 6.45) is 0.195. The lowest BCUT2D eigenvalue weighted by Crippen LogP contribution is -2.21. The van der Waals surface area contributed by atoms with Crippen LogP contribution in [0.2, 0.25) is 0 Å². The average molecular weight is 432 g/mol. The average Bonchev–Trinajstić information content (AvgIpc) is 3.34. The molecule has 160 valence electrons. The van der Waals surface area contributed by atoms with E-state index in [4.69, 9.17) is 15.6 Å². The Balaban J connectivity index is 0.000000339. The molecule has 0 bridgehead atoms. The van der Waals surface area contributed by atoms with Crippen molar-refractivity contribution in [3.05, 3.63) is 66.7 Å². The number of aromatic nitrogens is 4. The topological polar surface area (TPSA) is 138 Å². The molecule has 0 saturated carbocycles. The van der Waals surface area contributed by atoms with Gasteiger partial charge in [-0.2, -0.15) is 13.2 Å². The summed E-state index contributed by atoms with van der Waals surface area (Å²) in [5.41, 5.74) is 8.97. The number of carbonyl (C=O) groups excluding carboxylic acids is 1. The number of rotatable bonds is 3. The van der Waals surface area contributed by atoms with Crippen LogP contribution in [0.15, 0.2) is 61.1 Å². The molecule has 0 fully saturated rings. The molecule has 1 amide bonds. The highest BCUT2D eigenvalue weighted by Gasteiger charge is 2.38. The Kier molecular flexibility index (Phi) is 5.90. The number of H-pyrrole nitrogens is 1. The van der Waals surface area contributed by atoms with E-state index in [0.29, 0.717) is 17.3 Å². The number of carboxylic acid groups (broad SMARTS) is 1. The van der Waals surface area contributed by atoms with Crippen molar-refractivity contribution < 1.29 is 27.9 Å². The molecule has 4 aromatic rings. The van der Waals surface area contributed by atoms with E-state index >= 15 is 0 Å². The van der Waals surface area contributed by atoms with Gasteiger partial charge in [0.15, 0.2) is 5.95 Å². The van der Waals surface area contributed by atoms with Crippen molar-refractivity contribution in [3.63, 3.8) is 0 Å². The zero-order chi connectivity index (χ0) is 22.6. The molecule has 0 aliphatic heterocycles. The van der Waals surface area contributed by atoms with Crippen molar-refractivity contribution in [1.82, 2.24) is 19.4 Å². The van der Waals surface area contributed by atoms with Gasteiger partial charge in [0, 0.05) is 29.8 Å². The number of benzene rings is 1. The summed E-state index contributed by atoms with van der Waals surface area (Å²) >= 11 is 0. The van der Waals surface area contributed by atoms with Gasteiger partial charge in [0.25, 0.3) is 5.91 Å². The van der Waals surface area contributed by atoms with Crippen LogP contribution in [0, 0.1) is 0 Å². The molecule has 0 unspecified atom stereocenters. The predicted molar refractivity (Wildman–Crippen MR) is 105 cm³/mol. The number of halogens is 3. The lowest BCUT2D eigenvalue weighted by atomic mass is 10.2. The molecular formula is C19H15F3N6O3. The van der Waals surface area contributed by atoms with Crippen LogP contribution in [0.1, 0.15) is 10.5 Å². The number of hydrogen-bond acceptors (Lipinski definition) is 5. The third kappa shape index (κ3) is 5.38. The maximum absolute atomic E-state index is 12.3. The number of carboxylic acids is 1. The smallest absolute Gasteiger partial charge is 0.475 e. The number of nitrogens with zero attached hydrogens (tertiary/aromatic N) is 3. The van der Waals surface area contributed by atoms with Crippen LogP contribution in [-0.4, -0.2) is 42.5 Å². The Morgan fingerprint density at radius 3 is 2.32 bits per heavy atom. The van der Waals surface area contributed by atoms with Crippen LogP contribution < -0.4 is 11.1 Å². The van der Waals surface area contributed by atoms with E-state index in [1.807, 2.05) is 48.7 Å². The highest BCUT2D eigenvalue weighted by molar-refractivity contribution is 6.03. The minimum atomic E-state index is -5.08. The molecule has 31 heavy (non-hydrogen) atoms. The SMILES string of the molecule is Nc1nc(-c2ccc3nc(C(=O)Nc4ccccc4)cn3c2)c[nH]1.O=C(O)C(F)(F)F.